The van der Waals surface area contributed by atoms with Crippen LogP contribution in [0.2, 0.25) is 0 Å². The fourth-order valence-electron chi connectivity index (χ4n) is 2.55. The molecule has 1 heterocycles. The van der Waals surface area contributed by atoms with Gasteiger partial charge in [-0.05, 0) is 31.9 Å². The quantitative estimate of drug-likeness (QED) is 0.835. The summed E-state index contributed by atoms with van der Waals surface area (Å²) in [5, 5.41) is 10.0. The summed E-state index contributed by atoms with van der Waals surface area (Å²) in [5.41, 5.74) is 2.86. The molecule has 0 atom stereocenters. The van der Waals surface area contributed by atoms with Crippen LogP contribution in [0.25, 0.3) is 0 Å². The Morgan fingerprint density at radius 1 is 1.32 bits per heavy atom. The normalized spacial score (nSPS) is 34.2. The Balaban J connectivity index is 1.82. The van der Waals surface area contributed by atoms with Gasteiger partial charge in [-0.1, -0.05) is 28.1 Å². The molecule has 0 radical (unpaired) electrons. The lowest BCUT2D eigenvalue weighted by Crippen LogP contribution is -2.41. The van der Waals surface area contributed by atoms with E-state index in [0.29, 0.717) is 12.8 Å². The lowest BCUT2D eigenvalue weighted by Gasteiger charge is -2.36. The number of hydrogen-bond acceptors (Lipinski definition) is 4. The Hall–Kier alpha value is -0.910. The minimum Gasteiger partial charge on any atom is -0.390 e. The van der Waals surface area contributed by atoms with Gasteiger partial charge in [-0.2, -0.15) is 0 Å². The van der Waals surface area contributed by atoms with E-state index in [4.69, 9.17) is 9.83 Å². The summed E-state index contributed by atoms with van der Waals surface area (Å²) in [6.45, 7) is 1.88. The van der Waals surface area contributed by atoms with Crippen molar-refractivity contribution in [2.24, 2.45) is 4.99 Å². The van der Waals surface area contributed by atoms with Crippen LogP contribution in [0.4, 0.5) is 0 Å². The summed E-state index contributed by atoms with van der Waals surface area (Å²) in [5.74, 6) is 0.767. The molecule has 1 spiro atoms. The number of aliphatic hydroxyl groups is 1. The maximum atomic E-state index is 10.0. The molecule has 0 bridgehead atoms. The predicted molar refractivity (Wildman–Crippen MR) is 76.7 cm³/mol. The molecule has 1 fully saturated rings. The van der Waals surface area contributed by atoms with E-state index >= 15 is 0 Å². The number of benzene rings is 1. The lowest BCUT2D eigenvalue weighted by molar-refractivity contribution is -0.115. The summed E-state index contributed by atoms with van der Waals surface area (Å²) in [4.78, 5) is 10.4. The number of hydrogen-bond donors (Lipinski definition) is 2. The van der Waals surface area contributed by atoms with Gasteiger partial charge >= 0.3 is 0 Å². The van der Waals surface area contributed by atoms with Crippen molar-refractivity contribution in [3.63, 3.8) is 0 Å². The van der Waals surface area contributed by atoms with Gasteiger partial charge in [0.1, 0.15) is 0 Å². The van der Waals surface area contributed by atoms with Crippen LogP contribution in [0.5, 0.6) is 0 Å². The van der Waals surface area contributed by atoms with Crippen LogP contribution < -0.4 is 5.48 Å². The maximum absolute atomic E-state index is 10.0. The zero-order valence-corrected chi connectivity index (χ0v) is 12.4. The molecule has 1 aliphatic carbocycles. The van der Waals surface area contributed by atoms with Gasteiger partial charge in [0.25, 0.3) is 0 Å². The van der Waals surface area contributed by atoms with Crippen molar-refractivity contribution in [3.05, 3.63) is 34.3 Å². The predicted octanol–water partition coefficient (Wildman–Crippen LogP) is 2.75. The standard InChI is InChI=1S/C14H17BrN2O2/c1-13(18)5-7-14(8-6-13)16-12(17-19-14)10-3-2-4-11(15)9-10/h2-4,9,18H,5-8H2,1H3,(H,16,17). The molecular formula is C14H17BrN2O2. The second kappa shape index (κ2) is 4.58. The number of amidine groups is 1. The van der Waals surface area contributed by atoms with Crippen LogP contribution in [0, 0.1) is 0 Å². The van der Waals surface area contributed by atoms with Gasteiger partial charge in [-0.15, -0.1) is 0 Å². The van der Waals surface area contributed by atoms with Crippen molar-refractivity contribution in [3.8, 4) is 0 Å². The average molecular weight is 325 g/mol. The first-order valence-electron chi connectivity index (χ1n) is 6.50. The third kappa shape index (κ3) is 2.68. The van der Waals surface area contributed by atoms with Crippen molar-refractivity contribution in [1.82, 2.24) is 5.48 Å². The van der Waals surface area contributed by atoms with Gasteiger partial charge in [0.15, 0.2) is 11.6 Å². The molecule has 5 heteroatoms. The second-order valence-electron chi connectivity index (χ2n) is 5.62. The fourth-order valence-corrected chi connectivity index (χ4v) is 2.94. The summed E-state index contributed by atoms with van der Waals surface area (Å²) in [6, 6.07) is 7.96. The van der Waals surface area contributed by atoms with Gasteiger partial charge in [0, 0.05) is 22.9 Å². The van der Waals surface area contributed by atoms with E-state index in [0.717, 1.165) is 28.7 Å². The molecule has 0 saturated heterocycles. The smallest absolute Gasteiger partial charge is 0.187 e. The average Bonchev–Trinajstić information content (AvgIpc) is 2.79. The van der Waals surface area contributed by atoms with E-state index < -0.39 is 11.3 Å². The summed E-state index contributed by atoms with van der Waals surface area (Å²) in [6.07, 6.45) is 2.91. The first-order chi connectivity index (χ1) is 8.98. The molecule has 3 rings (SSSR count). The van der Waals surface area contributed by atoms with Crippen molar-refractivity contribution < 1.29 is 9.94 Å². The Morgan fingerprint density at radius 3 is 2.74 bits per heavy atom. The molecule has 102 valence electrons. The molecule has 0 amide bonds. The first kappa shape index (κ1) is 13.1. The van der Waals surface area contributed by atoms with E-state index in [-0.39, 0.29) is 0 Å². The van der Waals surface area contributed by atoms with E-state index in [1.807, 2.05) is 31.2 Å². The summed E-state index contributed by atoms with van der Waals surface area (Å²) >= 11 is 3.45. The van der Waals surface area contributed by atoms with E-state index in [1.54, 1.807) is 0 Å². The Morgan fingerprint density at radius 2 is 2.05 bits per heavy atom. The number of hydroxylamine groups is 1. The zero-order valence-electron chi connectivity index (χ0n) is 10.8. The zero-order chi connectivity index (χ0) is 13.5. The third-order valence-electron chi connectivity index (χ3n) is 3.86. The van der Waals surface area contributed by atoms with Crippen LogP contribution in [0.1, 0.15) is 38.2 Å². The van der Waals surface area contributed by atoms with Crippen LogP contribution in [-0.4, -0.2) is 22.3 Å². The van der Waals surface area contributed by atoms with Crippen molar-refractivity contribution in [1.29, 1.82) is 0 Å². The fraction of sp³-hybridized carbons (Fsp3) is 0.500. The highest BCUT2D eigenvalue weighted by atomic mass is 79.9. The highest BCUT2D eigenvalue weighted by molar-refractivity contribution is 9.10. The van der Waals surface area contributed by atoms with Crippen molar-refractivity contribution in [2.45, 2.75) is 43.9 Å². The largest absolute Gasteiger partial charge is 0.390 e. The topological polar surface area (TPSA) is 53.9 Å². The third-order valence-corrected chi connectivity index (χ3v) is 4.35. The van der Waals surface area contributed by atoms with E-state index in [1.165, 1.54) is 0 Å². The lowest BCUT2D eigenvalue weighted by atomic mass is 9.81. The minimum absolute atomic E-state index is 0.500. The molecule has 19 heavy (non-hydrogen) atoms. The van der Waals surface area contributed by atoms with Gasteiger partial charge in [0.05, 0.1) is 5.60 Å². The van der Waals surface area contributed by atoms with Gasteiger partial charge < -0.3 is 5.11 Å². The van der Waals surface area contributed by atoms with Crippen LogP contribution >= 0.6 is 15.9 Å². The van der Waals surface area contributed by atoms with Crippen LogP contribution in [0.3, 0.4) is 0 Å². The molecule has 2 N–H and O–H groups in total. The van der Waals surface area contributed by atoms with Crippen LogP contribution in [-0.2, 0) is 4.84 Å². The number of nitrogens with one attached hydrogen (secondary N) is 1. The van der Waals surface area contributed by atoms with Gasteiger partial charge in [-0.25, -0.2) is 15.3 Å². The van der Waals surface area contributed by atoms with E-state index in [9.17, 15) is 5.11 Å². The molecule has 2 aliphatic rings. The Kier molecular flexibility index (Phi) is 3.15. The van der Waals surface area contributed by atoms with Gasteiger partial charge in [0.2, 0.25) is 0 Å². The SMILES string of the molecule is CC1(O)CCC2(CC1)N=C(c1cccc(Br)c1)NO2. The minimum atomic E-state index is -0.581. The number of rotatable bonds is 1. The second-order valence-corrected chi connectivity index (χ2v) is 6.53. The summed E-state index contributed by atoms with van der Waals surface area (Å²) < 4.78 is 1.02. The maximum Gasteiger partial charge on any atom is 0.187 e. The molecule has 1 aromatic carbocycles. The molecule has 1 aliphatic heterocycles. The number of aliphatic imine (C=N–C) groups is 1. The Labute approximate surface area is 121 Å². The van der Waals surface area contributed by atoms with Crippen LogP contribution in [0.15, 0.2) is 33.7 Å². The molecule has 1 saturated carbocycles. The molecule has 0 unspecified atom stereocenters. The molecular weight excluding hydrogens is 308 g/mol. The number of halogens is 1. The monoisotopic (exact) mass is 324 g/mol. The first-order valence-corrected chi connectivity index (χ1v) is 7.30. The van der Waals surface area contributed by atoms with Gasteiger partial charge in [-0.3, -0.25) is 0 Å². The Bertz CT molecular complexity index is 518. The highest BCUT2D eigenvalue weighted by Gasteiger charge is 2.44. The summed E-state index contributed by atoms with van der Waals surface area (Å²) in [7, 11) is 0. The van der Waals surface area contributed by atoms with Crippen molar-refractivity contribution in [2.75, 3.05) is 0 Å². The number of nitrogens with zero attached hydrogens (tertiary/aromatic N) is 1. The highest BCUT2D eigenvalue weighted by Crippen LogP contribution is 2.39. The molecule has 1 aromatic rings. The molecule has 0 aromatic heterocycles. The van der Waals surface area contributed by atoms with Crippen molar-refractivity contribution >= 4 is 21.8 Å². The van der Waals surface area contributed by atoms with E-state index in [2.05, 4.69) is 21.4 Å². The molecule has 4 nitrogen and oxygen atoms in total.